The van der Waals surface area contributed by atoms with Gasteiger partial charge in [-0.05, 0) is 43.6 Å². The molecule has 1 spiro atoms. The number of urea groups is 2. The quantitative estimate of drug-likeness (QED) is 0.670. The third-order valence-electron chi connectivity index (χ3n) is 5.83. The van der Waals surface area contributed by atoms with Gasteiger partial charge in [0.05, 0.1) is 0 Å². The van der Waals surface area contributed by atoms with Gasteiger partial charge in [0.25, 0.3) is 5.91 Å². The van der Waals surface area contributed by atoms with Crippen molar-refractivity contribution in [2.45, 2.75) is 62.9 Å². The smallest absolute Gasteiger partial charge is 0.325 e. The second kappa shape index (κ2) is 7.54. The van der Waals surface area contributed by atoms with Crippen LogP contribution in [0.1, 0.15) is 55.4 Å². The summed E-state index contributed by atoms with van der Waals surface area (Å²) in [5, 5.41) is 9.75. The first kappa shape index (κ1) is 18.9. The number of aryl methyl sites for hydroxylation is 1. The van der Waals surface area contributed by atoms with Gasteiger partial charge in [-0.3, -0.25) is 19.8 Å². The highest BCUT2D eigenvalue weighted by molar-refractivity contribution is 7.10. The van der Waals surface area contributed by atoms with Crippen LogP contribution < -0.4 is 16.0 Å². The van der Waals surface area contributed by atoms with E-state index in [0.717, 1.165) is 53.9 Å². The van der Waals surface area contributed by atoms with Gasteiger partial charge >= 0.3 is 12.1 Å². The molecule has 28 heavy (non-hydrogen) atoms. The number of carbonyl (C=O) groups excluding carboxylic acids is 4. The Balaban J connectivity index is 1.39. The number of imide groups is 2. The van der Waals surface area contributed by atoms with Crippen LogP contribution in [0.3, 0.4) is 0 Å². The van der Waals surface area contributed by atoms with Crippen LogP contribution in [-0.2, 0) is 21.5 Å². The zero-order valence-electron chi connectivity index (χ0n) is 15.6. The van der Waals surface area contributed by atoms with E-state index in [4.69, 9.17) is 0 Å². The van der Waals surface area contributed by atoms with Crippen LogP contribution in [0.15, 0.2) is 11.4 Å². The van der Waals surface area contributed by atoms with Gasteiger partial charge < -0.3 is 10.6 Å². The highest BCUT2D eigenvalue weighted by atomic mass is 32.1. The number of nitrogens with one attached hydrogen (secondary N) is 3. The first-order valence-corrected chi connectivity index (χ1v) is 10.7. The molecule has 9 heteroatoms. The largest absolute Gasteiger partial charge is 0.335 e. The topological polar surface area (TPSA) is 108 Å². The Bertz CT molecular complexity index is 817. The van der Waals surface area contributed by atoms with Gasteiger partial charge in [0.2, 0.25) is 5.91 Å². The molecule has 6 amide bonds. The van der Waals surface area contributed by atoms with Gasteiger partial charge in [0.1, 0.15) is 12.1 Å². The van der Waals surface area contributed by atoms with Crippen molar-refractivity contribution in [3.63, 3.8) is 0 Å². The Morgan fingerprint density at radius 1 is 1.21 bits per heavy atom. The number of hydrogen-bond donors (Lipinski definition) is 3. The fourth-order valence-electron chi connectivity index (χ4n) is 4.46. The maximum Gasteiger partial charge on any atom is 0.325 e. The molecule has 1 saturated heterocycles. The Kier molecular flexibility index (Phi) is 5.09. The molecule has 3 N–H and O–H groups in total. The van der Waals surface area contributed by atoms with E-state index in [-0.39, 0.29) is 6.04 Å². The zero-order valence-corrected chi connectivity index (χ0v) is 16.4. The molecule has 2 aliphatic carbocycles. The van der Waals surface area contributed by atoms with Gasteiger partial charge in [-0.2, -0.15) is 0 Å². The van der Waals surface area contributed by atoms with E-state index in [1.165, 1.54) is 6.42 Å². The number of amides is 6. The van der Waals surface area contributed by atoms with E-state index in [1.807, 2.05) is 11.4 Å². The molecule has 1 aromatic rings. The Morgan fingerprint density at radius 2 is 2.00 bits per heavy atom. The van der Waals surface area contributed by atoms with Crippen molar-refractivity contribution < 1.29 is 19.2 Å². The minimum Gasteiger partial charge on any atom is -0.335 e. The highest BCUT2D eigenvalue weighted by Crippen LogP contribution is 2.41. The third-order valence-corrected chi connectivity index (χ3v) is 6.81. The number of nitrogens with zero attached hydrogens (tertiary/aromatic N) is 1. The van der Waals surface area contributed by atoms with Crippen LogP contribution in [0.4, 0.5) is 9.59 Å². The average Bonchev–Trinajstić information content (AvgIpc) is 3.23. The van der Waals surface area contributed by atoms with Crippen molar-refractivity contribution in [2.75, 3.05) is 6.54 Å². The number of thiophene rings is 1. The summed E-state index contributed by atoms with van der Waals surface area (Å²) in [4.78, 5) is 51.8. The van der Waals surface area contributed by atoms with E-state index < -0.39 is 36.0 Å². The van der Waals surface area contributed by atoms with Crippen molar-refractivity contribution in [3.8, 4) is 0 Å². The van der Waals surface area contributed by atoms with Crippen LogP contribution >= 0.6 is 11.3 Å². The third kappa shape index (κ3) is 3.39. The summed E-state index contributed by atoms with van der Waals surface area (Å²) in [6.07, 6.45) is 7.30. The standard InChI is InChI=1S/C19H24N4O4S/c24-15(21-17(26)20-12-5-2-1-3-6-12)11-23-16(25)19(22-18(23)27)9-4-7-14-13(19)8-10-28-14/h8,10,12H,1-7,9,11H2,(H,22,27)(H2,20,21,24,26)/t19-/m0/s1. The monoisotopic (exact) mass is 404 g/mol. The lowest BCUT2D eigenvalue weighted by Crippen LogP contribution is -2.49. The normalized spacial score (nSPS) is 24.8. The molecule has 3 aliphatic rings. The molecule has 0 bridgehead atoms. The molecule has 0 unspecified atom stereocenters. The Hall–Kier alpha value is -2.42. The lowest BCUT2D eigenvalue weighted by Gasteiger charge is -2.31. The minimum absolute atomic E-state index is 0.0702. The number of hydrogen-bond acceptors (Lipinski definition) is 5. The van der Waals surface area contributed by atoms with E-state index >= 15 is 0 Å². The molecule has 1 atom stereocenters. The Morgan fingerprint density at radius 3 is 2.79 bits per heavy atom. The minimum atomic E-state index is -1.07. The van der Waals surface area contributed by atoms with Crippen LogP contribution in [0.2, 0.25) is 0 Å². The predicted molar refractivity (Wildman–Crippen MR) is 103 cm³/mol. The lowest BCUT2D eigenvalue weighted by atomic mass is 9.80. The van der Waals surface area contributed by atoms with Crippen molar-refractivity contribution in [1.29, 1.82) is 0 Å². The second-order valence-electron chi connectivity index (χ2n) is 7.69. The maximum absolute atomic E-state index is 13.1. The lowest BCUT2D eigenvalue weighted by molar-refractivity contribution is -0.135. The van der Waals surface area contributed by atoms with Crippen molar-refractivity contribution in [1.82, 2.24) is 20.9 Å². The van der Waals surface area contributed by atoms with Gasteiger partial charge in [0, 0.05) is 16.5 Å². The number of rotatable bonds is 3. The molecule has 1 saturated carbocycles. The van der Waals surface area contributed by atoms with E-state index in [1.54, 1.807) is 11.3 Å². The molecule has 8 nitrogen and oxygen atoms in total. The summed E-state index contributed by atoms with van der Waals surface area (Å²) in [6, 6.07) is 0.780. The molecule has 0 aromatic carbocycles. The second-order valence-corrected chi connectivity index (χ2v) is 8.70. The molecular weight excluding hydrogens is 380 g/mol. The summed E-state index contributed by atoms with van der Waals surface area (Å²) < 4.78 is 0. The first-order valence-electron chi connectivity index (χ1n) is 9.81. The van der Waals surface area contributed by atoms with E-state index in [0.29, 0.717) is 6.42 Å². The molecule has 0 radical (unpaired) electrons. The first-order chi connectivity index (χ1) is 13.5. The fourth-order valence-corrected chi connectivity index (χ4v) is 5.46. The van der Waals surface area contributed by atoms with Crippen LogP contribution in [0, 0.1) is 0 Å². The summed E-state index contributed by atoms with van der Waals surface area (Å²) in [5.41, 5.74) is -0.241. The summed E-state index contributed by atoms with van der Waals surface area (Å²) in [7, 11) is 0. The van der Waals surface area contributed by atoms with Crippen LogP contribution in [-0.4, -0.2) is 41.4 Å². The molecule has 1 aromatic heterocycles. The molecule has 4 rings (SSSR count). The summed E-state index contributed by atoms with van der Waals surface area (Å²) in [5.74, 6) is -1.09. The average molecular weight is 404 g/mol. The molecule has 1 aliphatic heterocycles. The van der Waals surface area contributed by atoms with Crippen LogP contribution in [0.5, 0.6) is 0 Å². The number of fused-ring (bicyclic) bond motifs is 2. The van der Waals surface area contributed by atoms with Gasteiger partial charge in [-0.1, -0.05) is 19.3 Å². The number of carbonyl (C=O) groups is 4. The van der Waals surface area contributed by atoms with Crippen LogP contribution in [0.25, 0.3) is 0 Å². The molecule has 150 valence electrons. The highest BCUT2D eigenvalue weighted by Gasteiger charge is 2.54. The van der Waals surface area contributed by atoms with Gasteiger partial charge in [0.15, 0.2) is 0 Å². The van der Waals surface area contributed by atoms with Crippen molar-refractivity contribution in [2.24, 2.45) is 0 Å². The Labute approximate surface area is 167 Å². The molecule has 2 heterocycles. The SMILES string of the molecule is O=C(CN1C(=O)N[C@]2(CCCc3sccc32)C1=O)NC(=O)NC1CCCCC1. The zero-order chi connectivity index (χ0) is 19.7. The molecular formula is C19H24N4O4S. The summed E-state index contributed by atoms with van der Waals surface area (Å²) >= 11 is 1.58. The fraction of sp³-hybridized carbons (Fsp3) is 0.579. The van der Waals surface area contributed by atoms with Gasteiger partial charge in [-0.15, -0.1) is 11.3 Å². The maximum atomic E-state index is 13.1. The van der Waals surface area contributed by atoms with E-state index in [9.17, 15) is 19.2 Å². The van der Waals surface area contributed by atoms with Gasteiger partial charge in [-0.25, -0.2) is 9.59 Å². The van der Waals surface area contributed by atoms with Crippen molar-refractivity contribution >= 4 is 35.2 Å². The molecule has 2 fully saturated rings. The van der Waals surface area contributed by atoms with Crippen molar-refractivity contribution in [3.05, 3.63) is 21.9 Å². The van der Waals surface area contributed by atoms with E-state index in [2.05, 4.69) is 16.0 Å². The summed E-state index contributed by atoms with van der Waals surface area (Å²) in [6.45, 7) is -0.468. The predicted octanol–water partition coefficient (Wildman–Crippen LogP) is 1.99.